The smallest absolute Gasteiger partial charge is 0.483 e. The van der Waals surface area contributed by atoms with Gasteiger partial charge in [0.2, 0.25) is 0 Å². The first kappa shape index (κ1) is 27.3. The zero-order valence-electron chi connectivity index (χ0n) is 21.7. The molecule has 2 amide bonds. The van der Waals surface area contributed by atoms with Crippen molar-refractivity contribution in [3.05, 3.63) is 83.4 Å². The maximum absolute atomic E-state index is 12.5. The number of amides is 2. The summed E-state index contributed by atoms with van der Waals surface area (Å²) < 4.78 is 15.5. The summed E-state index contributed by atoms with van der Waals surface area (Å²) in [6.45, 7) is 10.1. The van der Waals surface area contributed by atoms with Crippen LogP contribution in [0.1, 0.15) is 49.2 Å². The number of aryl methyl sites for hydroxylation is 1. The number of nitrogens with one attached hydrogen (secondary N) is 2. The second-order valence-electron chi connectivity index (χ2n) is 9.43. The number of carbonyl (C=O) groups is 3. The summed E-state index contributed by atoms with van der Waals surface area (Å²) in [7, 11) is 0. The molecule has 0 unspecified atom stereocenters. The van der Waals surface area contributed by atoms with Crippen LogP contribution in [0.4, 0.5) is 16.2 Å². The van der Waals surface area contributed by atoms with E-state index in [0.717, 1.165) is 11.1 Å². The quantitative estimate of drug-likeness (QED) is 0.284. The predicted octanol–water partition coefficient (Wildman–Crippen LogP) is 6.10. The Hall–Kier alpha value is -4.33. The Morgan fingerprint density at radius 2 is 1.46 bits per heavy atom. The van der Waals surface area contributed by atoms with Crippen molar-refractivity contribution < 1.29 is 28.6 Å². The van der Waals surface area contributed by atoms with E-state index in [0.29, 0.717) is 22.7 Å². The molecule has 0 aliphatic heterocycles. The molecule has 0 bridgehead atoms. The lowest BCUT2D eigenvalue weighted by Gasteiger charge is -2.23. The van der Waals surface area contributed by atoms with Crippen LogP contribution in [0, 0.1) is 6.92 Å². The fraction of sp³-hybridized carbons (Fsp3) is 0.276. The summed E-state index contributed by atoms with van der Waals surface area (Å²) in [5.74, 6) is 0.339. The maximum Gasteiger partial charge on any atom is 0.513 e. The van der Waals surface area contributed by atoms with Crippen LogP contribution in [0.15, 0.2) is 66.7 Å². The first-order chi connectivity index (χ1) is 17.5. The normalized spacial score (nSPS) is 10.8. The number of benzene rings is 3. The third-order valence-corrected chi connectivity index (χ3v) is 5.31. The van der Waals surface area contributed by atoms with Crippen molar-refractivity contribution in [3.63, 3.8) is 0 Å². The molecular formula is C29H32N2O6. The molecule has 0 aliphatic rings. The van der Waals surface area contributed by atoms with E-state index in [1.807, 2.05) is 19.1 Å². The van der Waals surface area contributed by atoms with Crippen LogP contribution in [-0.4, -0.2) is 31.2 Å². The average molecular weight is 505 g/mol. The molecule has 8 nitrogen and oxygen atoms in total. The van der Waals surface area contributed by atoms with Gasteiger partial charge in [-0.25, -0.2) is 4.79 Å². The Labute approximate surface area is 216 Å². The third-order valence-electron chi connectivity index (χ3n) is 5.31. The molecule has 3 aromatic carbocycles. The number of rotatable bonds is 8. The van der Waals surface area contributed by atoms with E-state index in [1.165, 1.54) is 24.3 Å². The molecule has 8 heteroatoms. The van der Waals surface area contributed by atoms with Gasteiger partial charge in [0, 0.05) is 16.9 Å². The van der Waals surface area contributed by atoms with Crippen molar-refractivity contribution in [2.45, 2.75) is 40.0 Å². The van der Waals surface area contributed by atoms with Crippen molar-refractivity contribution >= 4 is 29.3 Å². The van der Waals surface area contributed by atoms with Crippen LogP contribution in [-0.2, 0) is 14.9 Å². The van der Waals surface area contributed by atoms with Crippen LogP contribution in [0.5, 0.6) is 11.5 Å². The van der Waals surface area contributed by atoms with Crippen LogP contribution in [0.3, 0.4) is 0 Å². The third kappa shape index (κ3) is 8.10. The molecule has 3 rings (SSSR count). The number of anilines is 2. The van der Waals surface area contributed by atoms with Gasteiger partial charge in [-0.1, -0.05) is 38.5 Å². The average Bonchev–Trinajstić information content (AvgIpc) is 2.84. The second-order valence-corrected chi connectivity index (χ2v) is 9.43. The van der Waals surface area contributed by atoms with E-state index >= 15 is 0 Å². The Balaban J connectivity index is 1.52. The lowest BCUT2D eigenvalue weighted by Crippen LogP contribution is -2.22. The van der Waals surface area contributed by atoms with Gasteiger partial charge in [-0.3, -0.25) is 9.59 Å². The molecule has 2 N–H and O–H groups in total. The lowest BCUT2D eigenvalue weighted by molar-refractivity contribution is -0.118. The van der Waals surface area contributed by atoms with Gasteiger partial charge < -0.3 is 24.8 Å². The van der Waals surface area contributed by atoms with Crippen LogP contribution in [0.2, 0.25) is 0 Å². The molecule has 0 saturated carbocycles. The molecule has 194 valence electrons. The Morgan fingerprint density at radius 3 is 2.05 bits per heavy atom. The molecule has 0 spiro atoms. The van der Waals surface area contributed by atoms with Gasteiger partial charge in [0.15, 0.2) is 6.61 Å². The molecule has 0 heterocycles. The molecule has 0 atom stereocenters. The summed E-state index contributed by atoms with van der Waals surface area (Å²) >= 11 is 0. The molecular weight excluding hydrogens is 472 g/mol. The minimum Gasteiger partial charge on any atom is -0.483 e. The topological polar surface area (TPSA) is 103 Å². The van der Waals surface area contributed by atoms with Crippen LogP contribution >= 0.6 is 0 Å². The van der Waals surface area contributed by atoms with E-state index in [-0.39, 0.29) is 36.2 Å². The zero-order chi connectivity index (χ0) is 27.0. The van der Waals surface area contributed by atoms with Crippen LogP contribution in [0.25, 0.3) is 0 Å². The van der Waals surface area contributed by atoms with Gasteiger partial charge in [-0.2, -0.15) is 0 Å². The molecule has 0 aliphatic carbocycles. The molecule has 0 radical (unpaired) electrons. The van der Waals surface area contributed by atoms with E-state index < -0.39 is 6.16 Å². The summed E-state index contributed by atoms with van der Waals surface area (Å²) in [5, 5.41) is 5.58. The zero-order valence-corrected chi connectivity index (χ0v) is 21.7. The minimum absolute atomic E-state index is 0.115. The fourth-order valence-corrected chi connectivity index (χ4v) is 3.45. The highest BCUT2D eigenvalue weighted by Gasteiger charge is 2.20. The van der Waals surface area contributed by atoms with E-state index in [1.54, 1.807) is 31.2 Å². The van der Waals surface area contributed by atoms with Crippen LogP contribution < -0.4 is 20.1 Å². The van der Waals surface area contributed by atoms with E-state index in [2.05, 4.69) is 37.5 Å². The van der Waals surface area contributed by atoms with Gasteiger partial charge in [-0.15, -0.1) is 0 Å². The molecule has 0 saturated heterocycles. The second kappa shape index (κ2) is 12.1. The molecule has 0 fully saturated rings. The lowest BCUT2D eigenvalue weighted by atomic mass is 9.85. The summed E-state index contributed by atoms with van der Waals surface area (Å²) in [6, 6.07) is 18.8. The van der Waals surface area contributed by atoms with Gasteiger partial charge in [0.1, 0.15) is 11.5 Å². The summed E-state index contributed by atoms with van der Waals surface area (Å²) in [4.78, 5) is 36.3. The minimum atomic E-state index is -0.803. The van der Waals surface area contributed by atoms with Crippen molar-refractivity contribution in [1.82, 2.24) is 0 Å². The highest BCUT2D eigenvalue weighted by atomic mass is 16.7. The van der Waals surface area contributed by atoms with Gasteiger partial charge >= 0.3 is 6.16 Å². The molecule has 37 heavy (non-hydrogen) atoms. The SMILES string of the molecule is CCOC(=O)Oc1ccc(C(=O)Nc2ccc(NC(=O)COc3ccc(C)cc3C(C)(C)C)cc2)cc1. The highest BCUT2D eigenvalue weighted by molar-refractivity contribution is 6.04. The number of ether oxygens (including phenoxy) is 3. The summed E-state index contributed by atoms with van der Waals surface area (Å²) in [6.07, 6.45) is -0.803. The van der Waals surface area contributed by atoms with Crippen molar-refractivity contribution in [3.8, 4) is 11.5 Å². The van der Waals surface area contributed by atoms with Gasteiger partial charge in [0.25, 0.3) is 11.8 Å². The van der Waals surface area contributed by atoms with Gasteiger partial charge in [0.05, 0.1) is 6.61 Å². The monoisotopic (exact) mass is 504 g/mol. The number of hydrogen-bond donors (Lipinski definition) is 2. The summed E-state index contributed by atoms with van der Waals surface area (Å²) in [5.41, 5.74) is 3.58. The number of carbonyl (C=O) groups excluding carboxylic acids is 3. The van der Waals surface area contributed by atoms with E-state index in [9.17, 15) is 14.4 Å². The van der Waals surface area contributed by atoms with Crippen molar-refractivity contribution in [2.75, 3.05) is 23.8 Å². The standard InChI is InChI=1S/C29H32N2O6/c1-6-35-28(34)37-23-14-8-20(9-15-23)27(33)31-22-12-10-21(11-13-22)30-26(32)18-36-25-16-7-19(2)17-24(25)29(3,4)5/h7-17H,6,18H2,1-5H3,(H,30,32)(H,31,33). The van der Waals surface area contributed by atoms with Crippen molar-refractivity contribution in [2.24, 2.45) is 0 Å². The largest absolute Gasteiger partial charge is 0.513 e. The van der Waals surface area contributed by atoms with E-state index in [4.69, 9.17) is 14.2 Å². The van der Waals surface area contributed by atoms with Crippen molar-refractivity contribution in [1.29, 1.82) is 0 Å². The molecule has 3 aromatic rings. The first-order valence-corrected chi connectivity index (χ1v) is 11.9. The fourth-order valence-electron chi connectivity index (χ4n) is 3.45. The first-order valence-electron chi connectivity index (χ1n) is 11.9. The maximum atomic E-state index is 12.5. The Morgan fingerprint density at radius 1 is 0.838 bits per heavy atom. The Kier molecular flexibility index (Phi) is 8.90. The Bertz CT molecular complexity index is 1240. The van der Waals surface area contributed by atoms with Gasteiger partial charge in [-0.05, 0) is 79.4 Å². The highest BCUT2D eigenvalue weighted by Crippen LogP contribution is 2.32. The molecule has 0 aromatic heterocycles. The number of hydrogen-bond acceptors (Lipinski definition) is 6. The predicted molar refractivity (Wildman–Crippen MR) is 142 cm³/mol.